The summed E-state index contributed by atoms with van der Waals surface area (Å²) in [6, 6.07) is 0. The number of hydrogen-bond donors (Lipinski definition) is 3. The van der Waals surface area contributed by atoms with E-state index in [1.165, 1.54) is 116 Å². The van der Waals surface area contributed by atoms with Crippen LogP contribution in [0.25, 0.3) is 0 Å². The average Bonchev–Trinajstić information content (AvgIpc) is 3.21. The van der Waals surface area contributed by atoms with Gasteiger partial charge in [0.25, 0.3) is 0 Å². The molecule has 0 saturated carbocycles. The fraction of sp³-hybridized carbons (Fsp3) is 0.830. The Morgan fingerprint density at radius 3 is 1.36 bits per heavy atom. The third-order valence-corrected chi connectivity index (χ3v) is 11.0. The number of phosphoric acid groups is 1. The molecule has 0 aromatic rings. The molecule has 0 spiro atoms. The second-order valence-corrected chi connectivity index (χ2v) is 17.2. The van der Waals surface area contributed by atoms with E-state index in [0.29, 0.717) is 12.8 Å². The highest BCUT2D eigenvalue weighted by Crippen LogP contribution is 2.43. The Kier molecular flexibility index (Phi) is 41.9. The van der Waals surface area contributed by atoms with Crippen molar-refractivity contribution in [3.8, 4) is 0 Å². The van der Waals surface area contributed by atoms with Crippen LogP contribution in [0.3, 0.4) is 0 Å². The number of carbonyl (C=O) groups excluding carboxylic acids is 2. The summed E-state index contributed by atoms with van der Waals surface area (Å²) in [5, 5.41) is 18.4. The summed E-state index contributed by atoms with van der Waals surface area (Å²) >= 11 is 0. The molecule has 3 N–H and O–H groups in total. The van der Waals surface area contributed by atoms with Crippen molar-refractivity contribution in [1.82, 2.24) is 0 Å². The largest absolute Gasteiger partial charge is 0.472 e. The van der Waals surface area contributed by atoms with Crippen LogP contribution in [0.1, 0.15) is 213 Å². The molecule has 340 valence electrons. The molecule has 0 aromatic heterocycles. The minimum absolute atomic E-state index is 0.168. The topological polar surface area (TPSA) is 149 Å². The molecule has 10 nitrogen and oxygen atoms in total. The first-order chi connectivity index (χ1) is 28.2. The summed E-state index contributed by atoms with van der Waals surface area (Å²) in [6.45, 7) is 2.36. The standard InChI is InChI=1S/C47H87O10P/c1-3-5-7-9-11-13-15-17-19-21-22-23-25-26-28-30-32-34-36-38-46(50)54-42-45(43-56-58(52,53)55-41-44(49)40-48)57-47(51)39-37-35-33-31-29-27-24-20-18-16-14-12-10-8-6-4-2/h14,16-17,19-20,24,44-45,48-49H,3-13,15,18,21-23,25-43H2,1-2H3,(H,52,53)/b16-14-,19-17-,24-20-. The molecule has 0 rings (SSSR count). The number of esters is 2. The van der Waals surface area contributed by atoms with E-state index >= 15 is 0 Å². The number of hydrogen-bond acceptors (Lipinski definition) is 9. The smallest absolute Gasteiger partial charge is 0.462 e. The maximum Gasteiger partial charge on any atom is 0.472 e. The highest BCUT2D eigenvalue weighted by molar-refractivity contribution is 7.47. The maximum atomic E-state index is 12.6. The van der Waals surface area contributed by atoms with Crippen LogP contribution < -0.4 is 0 Å². The molecule has 3 unspecified atom stereocenters. The van der Waals surface area contributed by atoms with Crippen molar-refractivity contribution in [1.29, 1.82) is 0 Å². The average molecular weight is 843 g/mol. The number of ether oxygens (including phenoxy) is 2. The van der Waals surface area contributed by atoms with Gasteiger partial charge in [-0.3, -0.25) is 18.6 Å². The lowest BCUT2D eigenvalue weighted by Gasteiger charge is -2.20. The van der Waals surface area contributed by atoms with Gasteiger partial charge < -0.3 is 24.6 Å². The SMILES string of the molecule is CCCCCC/C=C\C/C=C\CCCCCCCC(=O)OC(COC(=O)CCCCCCCCCCC/C=C\CCCCCCCC)COP(=O)(O)OCC(O)CO. The van der Waals surface area contributed by atoms with E-state index < -0.39 is 51.8 Å². The predicted octanol–water partition coefficient (Wildman–Crippen LogP) is 12.7. The Labute approximate surface area is 354 Å². The van der Waals surface area contributed by atoms with Crippen LogP contribution >= 0.6 is 7.82 Å². The van der Waals surface area contributed by atoms with Crippen molar-refractivity contribution in [2.24, 2.45) is 0 Å². The molecule has 3 atom stereocenters. The first kappa shape index (κ1) is 56.2. The number of unbranched alkanes of at least 4 members (excludes halogenated alkanes) is 24. The van der Waals surface area contributed by atoms with Gasteiger partial charge in [0, 0.05) is 12.8 Å². The maximum absolute atomic E-state index is 12.6. The van der Waals surface area contributed by atoms with Crippen LogP contribution in [0.2, 0.25) is 0 Å². The van der Waals surface area contributed by atoms with E-state index in [0.717, 1.165) is 57.8 Å². The van der Waals surface area contributed by atoms with Crippen molar-refractivity contribution in [2.45, 2.75) is 225 Å². The highest BCUT2D eigenvalue weighted by Gasteiger charge is 2.27. The van der Waals surface area contributed by atoms with E-state index in [9.17, 15) is 24.2 Å². The van der Waals surface area contributed by atoms with Gasteiger partial charge in [0.2, 0.25) is 0 Å². The summed E-state index contributed by atoms with van der Waals surface area (Å²) in [7, 11) is -4.62. The van der Waals surface area contributed by atoms with Gasteiger partial charge in [0.05, 0.1) is 19.8 Å². The summed E-state index contributed by atoms with van der Waals surface area (Å²) in [5.41, 5.74) is 0. The molecule has 0 aliphatic carbocycles. The van der Waals surface area contributed by atoms with E-state index in [-0.39, 0.29) is 19.4 Å². The fourth-order valence-corrected chi connectivity index (χ4v) is 7.16. The Morgan fingerprint density at radius 1 is 0.517 bits per heavy atom. The van der Waals surface area contributed by atoms with Crippen molar-refractivity contribution >= 4 is 19.8 Å². The van der Waals surface area contributed by atoms with Crippen LogP contribution in [0, 0.1) is 0 Å². The van der Waals surface area contributed by atoms with E-state index in [2.05, 4.69) is 50.3 Å². The fourth-order valence-electron chi connectivity index (χ4n) is 6.37. The van der Waals surface area contributed by atoms with Crippen molar-refractivity contribution < 1.29 is 47.8 Å². The Bertz CT molecular complexity index is 1060. The first-order valence-electron chi connectivity index (χ1n) is 23.4. The van der Waals surface area contributed by atoms with E-state index in [1.807, 2.05) is 0 Å². The van der Waals surface area contributed by atoms with Crippen molar-refractivity contribution in [2.75, 3.05) is 26.4 Å². The third-order valence-electron chi connectivity index (χ3n) is 10.0. The number of phosphoric ester groups is 1. The summed E-state index contributed by atoms with van der Waals surface area (Å²) in [5.74, 6) is -0.938. The van der Waals surface area contributed by atoms with Crippen LogP contribution in [0.4, 0.5) is 0 Å². The lowest BCUT2D eigenvalue weighted by atomic mass is 10.1. The molecular formula is C47H87O10P. The first-order valence-corrected chi connectivity index (χ1v) is 24.9. The molecule has 11 heteroatoms. The van der Waals surface area contributed by atoms with Gasteiger partial charge in [-0.15, -0.1) is 0 Å². The number of carbonyl (C=O) groups is 2. The minimum atomic E-state index is -4.62. The molecule has 0 radical (unpaired) electrons. The molecule has 0 aromatic carbocycles. The Hall–Kier alpha value is -1.81. The molecule has 0 aliphatic rings. The second-order valence-electron chi connectivity index (χ2n) is 15.8. The normalized spacial score (nSPS) is 14.1. The van der Waals surface area contributed by atoms with E-state index in [1.54, 1.807) is 0 Å². The minimum Gasteiger partial charge on any atom is -0.462 e. The van der Waals surface area contributed by atoms with Crippen LogP contribution in [-0.2, 0) is 32.7 Å². The Morgan fingerprint density at radius 2 is 0.897 bits per heavy atom. The molecule has 0 bridgehead atoms. The molecule has 58 heavy (non-hydrogen) atoms. The molecular weight excluding hydrogens is 755 g/mol. The van der Waals surface area contributed by atoms with Gasteiger partial charge in [0.1, 0.15) is 12.7 Å². The van der Waals surface area contributed by atoms with Gasteiger partial charge in [-0.1, -0.05) is 166 Å². The van der Waals surface area contributed by atoms with Gasteiger partial charge in [-0.05, 0) is 70.6 Å². The zero-order valence-electron chi connectivity index (χ0n) is 37.0. The zero-order chi connectivity index (χ0) is 42.6. The van der Waals surface area contributed by atoms with Crippen LogP contribution in [0.5, 0.6) is 0 Å². The van der Waals surface area contributed by atoms with Crippen molar-refractivity contribution in [3.63, 3.8) is 0 Å². The molecule has 0 saturated heterocycles. The summed E-state index contributed by atoms with van der Waals surface area (Å²) in [6.07, 6.45) is 45.3. The number of aliphatic hydroxyl groups is 2. The lowest BCUT2D eigenvalue weighted by molar-refractivity contribution is -0.161. The highest BCUT2D eigenvalue weighted by atomic mass is 31.2. The lowest BCUT2D eigenvalue weighted by Crippen LogP contribution is -2.29. The second kappa shape index (κ2) is 43.3. The molecule has 0 aliphatic heterocycles. The number of rotatable bonds is 44. The number of allylic oxidation sites excluding steroid dienone is 6. The van der Waals surface area contributed by atoms with E-state index in [4.69, 9.17) is 23.6 Å². The zero-order valence-corrected chi connectivity index (χ0v) is 37.9. The number of aliphatic hydroxyl groups excluding tert-OH is 2. The Balaban J connectivity index is 4.25. The predicted molar refractivity (Wildman–Crippen MR) is 238 cm³/mol. The van der Waals surface area contributed by atoms with Gasteiger partial charge in [-0.25, -0.2) is 4.57 Å². The third kappa shape index (κ3) is 42.3. The summed E-state index contributed by atoms with van der Waals surface area (Å²) in [4.78, 5) is 35.1. The molecule has 0 amide bonds. The summed E-state index contributed by atoms with van der Waals surface area (Å²) < 4.78 is 32.8. The van der Waals surface area contributed by atoms with Gasteiger partial charge in [0.15, 0.2) is 6.10 Å². The van der Waals surface area contributed by atoms with Crippen LogP contribution in [-0.4, -0.2) is 65.7 Å². The van der Waals surface area contributed by atoms with Crippen LogP contribution in [0.15, 0.2) is 36.5 Å². The molecule has 0 heterocycles. The molecule has 0 fully saturated rings. The van der Waals surface area contributed by atoms with Gasteiger partial charge in [-0.2, -0.15) is 0 Å². The van der Waals surface area contributed by atoms with Crippen molar-refractivity contribution in [3.05, 3.63) is 36.5 Å². The van der Waals surface area contributed by atoms with Gasteiger partial charge >= 0.3 is 19.8 Å². The quantitative estimate of drug-likeness (QED) is 0.0234. The monoisotopic (exact) mass is 843 g/mol.